The number of thiophene rings is 1. The lowest BCUT2D eigenvalue weighted by Crippen LogP contribution is -2.06. The SMILES string of the molecule is Cc1nn(-c2ccccc2)c2sc(C(=O)Oc3ccccc3Cl)cc12. The van der Waals surface area contributed by atoms with Crippen LogP contribution >= 0.6 is 22.9 Å². The summed E-state index contributed by atoms with van der Waals surface area (Å²) >= 11 is 7.41. The molecule has 0 aliphatic carbocycles. The number of carbonyl (C=O) groups is 1. The maximum absolute atomic E-state index is 12.5. The molecule has 0 N–H and O–H groups in total. The van der Waals surface area contributed by atoms with Crippen LogP contribution in [-0.2, 0) is 0 Å². The summed E-state index contributed by atoms with van der Waals surface area (Å²) in [7, 11) is 0. The molecule has 4 aromatic rings. The number of hydrogen-bond donors (Lipinski definition) is 0. The number of carbonyl (C=O) groups excluding carboxylic acids is 1. The Labute approximate surface area is 153 Å². The number of benzene rings is 2. The van der Waals surface area contributed by atoms with Crippen LogP contribution in [0.1, 0.15) is 15.4 Å². The van der Waals surface area contributed by atoms with Crippen molar-refractivity contribution in [3.8, 4) is 11.4 Å². The van der Waals surface area contributed by atoms with Crippen molar-refractivity contribution >= 4 is 39.1 Å². The second-order valence-corrected chi connectivity index (χ2v) is 6.92. The smallest absolute Gasteiger partial charge is 0.353 e. The van der Waals surface area contributed by atoms with Gasteiger partial charge in [0.1, 0.15) is 15.5 Å². The average Bonchev–Trinajstić information content (AvgIpc) is 3.19. The molecule has 0 bridgehead atoms. The zero-order valence-electron chi connectivity index (χ0n) is 13.3. The summed E-state index contributed by atoms with van der Waals surface area (Å²) in [4.78, 5) is 13.9. The summed E-state index contributed by atoms with van der Waals surface area (Å²) in [6.45, 7) is 1.93. The summed E-state index contributed by atoms with van der Waals surface area (Å²) in [5.74, 6) is -0.0682. The van der Waals surface area contributed by atoms with Crippen molar-refractivity contribution in [1.82, 2.24) is 9.78 Å². The lowest BCUT2D eigenvalue weighted by atomic mass is 10.3. The molecule has 124 valence electrons. The molecule has 4 rings (SSSR count). The molecule has 25 heavy (non-hydrogen) atoms. The third kappa shape index (κ3) is 2.92. The van der Waals surface area contributed by atoms with Crippen molar-refractivity contribution < 1.29 is 9.53 Å². The van der Waals surface area contributed by atoms with E-state index in [1.807, 2.05) is 48.0 Å². The largest absolute Gasteiger partial charge is 0.421 e. The van der Waals surface area contributed by atoms with Crippen molar-refractivity contribution in [2.75, 3.05) is 0 Å². The minimum atomic E-state index is -0.423. The maximum atomic E-state index is 12.5. The Kier molecular flexibility index (Phi) is 4.03. The number of esters is 1. The van der Waals surface area contributed by atoms with Crippen LogP contribution in [0.15, 0.2) is 60.7 Å². The Morgan fingerprint density at radius 3 is 2.60 bits per heavy atom. The zero-order chi connectivity index (χ0) is 17.4. The first-order chi connectivity index (χ1) is 12.1. The van der Waals surface area contributed by atoms with Crippen molar-refractivity contribution in [3.05, 3.63) is 76.3 Å². The molecule has 4 nitrogen and oxygen atoms in total. The molecule has 0 aliphatic rings. The topological polar surface area (TPSA) is 44.1 Å². The van der Waals surface area contributed by atoms with Crippen LogP contribution in [0, 0.1) is 6.92 Å². The number of aryl methyl sites for hydroxylation is 1. The second kappa shape index (κ2) is 6.35. The standard InChI is InChI=1S/C19H13ClN2O2S/c1-12-14-11-17(19(23)24-16-10-6-5-9-15(16)20)25-18(14)22(21-12)13-7-3-2-4-8-13/h2-11H,1H3. The zero-order valence-corrected chi connectivity index (χ0v) is 14.8. The normalized spacial score (nSPS) is 11.0. The number of fused-ring (bicyclic) bond motifs is 1. The molecule has 0 saturated carbocycles. The van der Waals surface area contributed by atoms with Crippen molar-refractivity contribution in [3.63, 3.8) is 0 Å². The van der Waals surface area contributed by atoms with E-state index in [-0.39, 0.29) is 0 Å². The number of hydrogen-bond acceptors (Lipinski definition) is 4. The number of nitrogens with zero attached hydrogens (tertiary/aromatic N) is 2. The lowest BCUT2D eigenvalue weighted by molar-refractivity contribution is 0.0740. The molecule has 0 atom stereocenters. The minimum Gasteiger partial charge on any atom is -0.421 e. The summed E-state index contributed by atoms with van der Waals surface area (Å²) in [6, 6.07) is 18.6. The van der Waals surface area contributed by atoms with Gasteiger partial charge in [-0.15, -0.1) is 11.3 Å². The van der Waals surface area contributed by atoms with E-state index in [9.17, 15) is 4.79 Å². The average molecular weight is 369 g/mol. The highest BCUT2D eigenvalue weighted by molar-refractivity contribution is 7.20. The van der Waals surface area contributed by atoms with E-state index in [0.29, 0.717) is 15.6 Å². The van der Waals surface area contributed by atoms with Gasteiger partial charge in [0.05, 0.1) is 16.4 Å². The fraction of sp³-hybridized carbons (Fsp3) is 0.0526. The fourth-order valence-corrected chi connectivity index (χ4v) is 3.80. The van der Waals surface area contributed by atoms with Crippen LogP contribution in [-0.4, -0.2) is 15.7 Å². The summed E-state index contributed by atoms with van der Waals surface area (Å²) < 4.78 is 7.27. The number of halogens is 1. The molecular weight excluding hydrogens is 356 g/mol. The molecule has 0 fully saturated rings. The Balaban J connectivity index is 1.72. The highest BCUT2D eigenvalue weighted by Gasteiger charge is 2.19. The predicted octanol–water partition coefficient (Wildman–Crippen LogP) is 5.27. The predicted molar refractivity (Wildman–Crippen MR) is 100 cm³/mol. The van der Waals surface area contributed by atoms with Crippen molar-refractivity contribution in [2.45, 2.75) is 6.92 Å². The van der Waals surface area contributed by atoms with E-state index in [0.717, 1.165) is 21.6 Å². The van der Waals surface area contributed by atoms with Gasteiger partial charge in [0.2, 0.25) is 0 Å². The van der Waals surface area contributed by atoms with Crippen molar-refractivity contribution in [1.29, 1.82) is 0 Å². The van der Waals surface area contributed by atoms with E-state index in [1.54, 1.807) is 24.3 Å². The van der Waals surface area contributed by atoms with Gasteiger partial charge in [-0.3, -0.25) is 0 Å². The molecule has 2 aromatic heterocycles. The first-order valence-corrected chi connectivity index (χ1v) is 8.84. The summed E-state index contributed by atoms with van der Waals surface area (Å²) in [6.07, 6.45) is 0. The monoisotopic (exact) mass is 368 g/mol. The van der Waals surface area contributed by atoms with Gasteiger partial charge in [-0.2, -0.15) is 5.10 Å². The van der Waals surface area contributed by atoms with E-state index < -0.39 is 5.97 Å². The summed E-state index contributed by atoms with van der Waals surface area (Å²) in [5.41, 5.74) is 1.82. The first-order valence-electron chi connectivity index (χ1n) is 7.65. The van der Waals surface area contributed by atoms with Crippen LogP contribution in [0.5, 0.6) is 5.75 Å². The van der Waals surface area contributed by atoms with E-state index in [2.05, 4.69) is 5.10 Å². The molecule has 0 spiro atoms. The molecule has 0 radical (unpaired) electrons. The van der Waals surface area contributed by atoms with Gasteiger partial charge in [-0.25, -0.2) is 9.48 Å². The molecule has 2 heterocycles. The van der Waals surface area contributed by atoms with Crippen molar-refractivity contribution in [2.24, 2.45) is 0 Å². The van der Waals surface area contributed by atoms with Crippen LogP contribution in [0.4, 0.5) is 0 Å². The number of aromatic nitrogens is 2. The number of ether oxygens (including phenoxy) is 1. The van der Waals surface area contributed by atoms with E-state index >= 15 is 0 Å². The third-order valence-corrected chi connectivity index (χ3v) is 5.19. The minimum absolute atomic E-state index is 0.355. The van der Waals surface area contributed by atoms with Crippen LogP contribution in [0.25, 0.3) is 15.9 Å². The fourth-order valence-electron chi connectivity index (χ4n) is 2.57. The van der Waals surface area contributed by atoms with Gasteiger partial charge in [-0.05, 0) is 37.3 Å². The molecule has 0 aliphatic heterocycles. The molecule has 2 aromatic carbocycles. The van der Waals surface area contributed by atoms with Crippen LogP contribution < -0.4 is 4.74 Å². The Hall–Kier alpha value is -2.63. The highest BCUT2D eigenvalue weighted by Crippen LogP contribution is 2.32. The highest BCUT2D eigenvalue weighted by atomic mass is 35.5. The third-order valence-electron chi connectivity index (χ3n) is 3.79. The van der Waals surface area contributed by atoms with Gasteiger partial charge >= 0.3 is 5.97 Å². The van der Waals surface area contributed by atoms with Gasteiger partial charge in [0, 0.05) is 5.39 Å². The quantitative estimate of drug-likeness (QED) is 0.365. The number of para-hydroxylation sites is 2. The maximum Gasteiger partial charge on any atom is 0.353 e. The Morgan fingerprint density at radius 1 is 1.12 bits per heavy atom. The van der Waals surface area contributed by atoms with E-state index in [1.165, 1.54) is 11.3 Å². The first kappa shape index (κ1) is 15.9. The second-order valence-electron chi connectivity index (χ2n) is 5.48. The van der Waals surface area contributed by atoms with Crippen LogP contribution in [0.2, 0.25) is 5.02 Å². The van der Waals surface area contributed by atoms with Gasteiger partial charge in [0.15, 0.2) is 0 Å². The molecular formula is C19H13ClN2O2S. The van der Waals surface area contributed by atoms with Gasteiger partial charge < -0.3 is 4.74 Å². The molecule has 0 amide bonds. The Morgan fingerprint density at radius 2 is 1.84 bits per heavy atom. The Bertz CT molecular complexity index is 1070. The lowest BCUT2D eigenvalue weighted by Gasteiger charge is -2.04. The van der Waals surface area contributed by atoms with E-state index in [4.69, 9.17) is 16.3 Å². The molecule has 0 unspecified atom stereocenters. The summed E-state index contributed by atoms with van der Waals surface area (Å²) in [5, 5.41) is 5.92. The van der Waals surface area contributed by atoms with Crippen LogP contribution in [0.3, 0.4) is 0 Å². The van der Waals surface area contributed by atoms with Gasteiger partial charge in [-0.1, -0.05) is 41.9 Å². The number of rotatable bonds is 3. The molecule has 6 heteroatoms. The molecule has 0 saturated heterocycles. The van der Waals surface area contributed by atoms with Gasteiger partial charge in [0.25, 0.3) is 0 Å².